The van der Waals surface area contributed by atoms with Crippen molar-refractivity contribution in [2.24, 2.45) is 0 Å². The van der Waals surface area contributed by atoms with Crippen LogP contribution in [-0.2, 0) is 17.6 Å². The van der Waals surface area contributed by atoms with Crippen LogP contribution in [0.1, 0.15) is 30.2 Å². The van der Waals surface area contributed by atoms with Gasteiger partial charge in [-0.2, -0.15) is 0 Å². The van der Waals surface area contributed by atoms with Gasteiger partial charge in [0.1, 0.15) is 0 Å². The number of benzene rings is 1. The first kappa shape index (κ1) is 13.5. The van der Waals surface area contributed by atoms with Gasteiger partial charge in [-0.15, -0.1) is 10.2 Å². The summed E-state index contributed by atoms with van der Waals surface area (Å²) in [5, 5.41) is 17.0. The maximum absolute atomic E-state index is 10.4. The molecule has 1 aromatic carbocycles. The molecule has 0 amide bonds. The van der Waals surface area contributed by atoms with Crippen LogP contribution in [-0.4, -0.2) is 21.3 Å². The van der Waals surface area contributed by atoms with E-state index in [1.165, 1.54) is 0 Å². The van der Waals surface area contributed by atoms with Crippen LogP contribution in [0.2, 0.25) is 5.02 Å². The van der Waals surface area contributed by atoms with Crippen LogP contribution in [0.3, 0.4) is 0 Å². The predicted octanol–water partition coefficient (Wildman–Crippen LogP) is 2.72. The van der Waals surface area contributed by atoms with Crippen molar-refractivity contribution in [2.75, 3.05) is 0 Å². The minimum Gasteiger partial charge on any atom is -0.481 e. The molecule has 100 valence electrons. The standard InChI is InChI=1S/C13H13ClN2O3/c14-10-5-2-1-4-9(10)8-12-16-15-11(19-12)6-3-7-13(17)18/h1-2,4-5H,3,6-8H2,(H,17,18). The average molecular weight is 281 g/mol. The Morgan fingerprint density at radius 3 is 2.74 bits per heavy atom. The Balaban J connectivity index is 1.94. The van der Waals surface area contributed by atoms with Gasteiger partial charge in [0.25, 0.3) is 0 Å². The van der Waals surface area contributed by atoms with Gasteiger partial charge in [-0.1, -0.05) is 29.8 Å². The molecule has 0 aliphatic carbocycles. The third-order valence-electron chi connectivity index (χ3n) is 2.59. The fraction of sp³-hybridized carbons (Fsp3) is 0.308. The zero-order valence-corrected chi connectivity index (χ0v) is 10.9. The fourth-order valence-corrected chi connectivity index (χ4v) is 1.86. The average Bonchev–Trinajstić information content (AvgIpc) is 2.79. The van der Waals surface area contributed by atoms with Crippen LogP contribution in [0, 0.1) is 0 Å². The van der Waals surface area contributed by atoms with Crippen molar-refractivity contribution < 1.29 is 14.3 Å². The molecule has 0 atom stereocenters. The second-order valence-electron chi connectivity index (χ2n) is 4.11. The molecule has 2 aromatic rings. The molecule has 0 spiro atoms. The van der Waals surface area contributed by atoms with E-state index in [1.54, 1.807) is 6.07 Å². The molecule has 5 nitrogen and oxygen atoms in total. The van der Waals surface area contributed by atoms with Crippen molar-refractivity contribution in [1.29, 1.82) is 0 Å². The number of hydrogen-bond acceptors (Lipinski definition) is 4. The smallest absolute Gasteiger partial charge is 0.303 e. The number of aryl methyl sites for hydroxylation is 1. The number of carboxylic acid groups (broad SMARTS) is 1. The highest BCUT2D eigenvalue weighted by Crippen LogP contribution is 2.18. The van der Waals surface area contributed by atoms with Crippen molar-refractivity contribution in [3.05, 3.63) is 46.6 Å². The zero-order valence-electron chi connectivity index (χ0n) is 10.2. The van der Waals surface area contributed by atoms with E-state index in [2.05, 4.69) is 10.2 Å². The van der Waals surface area contributed by atoms with Crippen molar-refractivity contribution in [3.8, 4) is 0 Å². The molecule has 19 heavy (non-hydrogen) atoms. The molecule has 1 heterocycles. The monoisotopic (exact) mass is 280 g/mol. The van der Waals surface area contributed by atoms with E-state index < -0.39 is 5.97 Å². The summed E-state index contributed by atoms with van der Waals surface area (Å²) in [6, 6.07) is 7.46. The first-order valence-electron chi connectivity index (χ1n) is 5.91. The van der Waals surface area contributed by atoms with Gasteiger partial charge in [-0.05, 0) is 18.1 Å². The van der Waals surface area contributed by atoms with Gasteiger partial charge in [-0.3, -0.25) is 4.79 Å². The zero-order chi connectivity index (χ0) is 13.7. The third-order valence-corrected chi connectivity index (χ3v) is 2.96. The van der Waals surface area contributed by atoms with E-state index in [1.807, 2.05) is 18.2 Å². The number of carbonyl (C=O) groups is 1. The minimum absolute atomic E-state index is 0.0994. The Bertz CT molecular complexity index is 569. The summed E-state index contributed by atoms with van der Waals surface area (Å²) in [4.78, 5) is 10.4. The molecular weight excluding hydrogens is 268 g/mol. The largest absolute Gasteiger partial charge is 0.481 e. The van der Waals surface area contributed by atoms with Crippen molar-refractivity contribution >= 4 is 17.6 Å². The lowest BCUT2D eigenvalue weighted by Crippen LogP contribution is -1.95. The highest BCUT2D eigenvalue weighted by atomic mass is 35.5. The van der Waals surface area contributed by atoms with Crippen LogP contribution in [0.4, 0.5) is 0 Å². The van der Waals surface area contributed by atoms with Crippen molar-refractivity contribution in [1.82, 2.24) is 10.2 Å². The van der Waals surface area contributed by atoms with Gasteiger partial charge in [-0.25, -0.2) is 0 Å². The second kappa shape index (κ2) is 6.33. The first-order chi connectivity index (χ1) is 9.15. The maximum Gasteiger partial charge on any atom is 0.303 e. The lowest BCUT2D eigenvalue weighted by Gasteiger charge is -1.99. The number of aromatic nitrogens is 2. The Kier molecular flexibility index (Phi) is 4.52. The number of rotatable bonds is 6. The maximum atomic E-state index is 10.4. The highest BCUT2D eigenvalue weighted by molar-refractivity contribution is 6.31. The molecule has 1 aromatic heterocycles. The van der Waals surface area contributed by atoms with Crippen LogP contribution in [0.15, 0.2) is 28.7 Å². The first-order valence-corrected chi connectivity index (χ1v) is 6.29. The molecular formula is C13H13ClN2O3. The topological polar surface area (TPSA) is 76.2 Å². The van der Waals surface area contributed by atoms with E-state index in [9.17, 15) is 4.79 Å². The summed E-state index contributed by atoms with van der Waals surface area (Å²) in [6.07, 6.45) is 1.54. The Morgan fingerprint density at radius 2 is 2.00 bits per heavy atom. The Labute approximate surface area is 115 Å². The van der Waals surface area contributed by atoms with E-state index in [0.717, 1.165) is 5.56 Å². The lowest BCUT2D eigenvalue weighted by atomic mass is 10.1. The van der Waals surface area contributed by atoms with E-state index in [-0.39, 0.29) is 6.42 Å². The van der Waals surface area contributed by atoms with Crippen LogP contribution >= 0.6 is 11.6 Å². The second-order valence-corrected chi connectivity index (χ2v) is 4.51. The van der Waals surface area contributed by atoms with Crippen LogP contribution < -0.4 is 0 Å². The summed E-state index contributed by atoms with van der Waals surface area (Å²) < 4.78 is 5.45. The highest BCUT2D eigenvalue weighted by Gasteiger charge is 2.09. The summed E-state index contributed by atoms with van der Waals surface area (Å²) in [5.74, 6) is 0.123. The summed E-state index contributed by atoms with van der Waals surface area (Å²) in [7, 11) is 0. The summed E-state index contributed by atoms with van der Waals surface area (Å²) in [6.45, 7) is 0. The fourth-order valence-electron chi connectivity index (χ4n) is 1.66. The molecule has 0 bridgehead atoms. The quantitative estimate of drug-likeness (QED) is 0.880. The van der Waals surface area contributed by atoms with Gasteiger partial charge in [0.15, 0.2) is 0 Å². The predicted molar refractivity (Wildman–Crippen MR) is 69.1 cm³/mol. The number of aliphatic carboxylic acids is 1. The molecule has 6 heteroatoms. The summed E-state index contributed by atoms with van der Waals surface area (Å²) >= 11 is 6.04. The van der Waals surface area contributed by atoms with E-state index >= 15 is 0 Å². The molecule has 1 N–H and O–H groups in total. The van der Waals surface area contributed by atoms with E-state index in [4.69, 9.17) is 21.1 Å². The van der Waals surface area contributed by atoms with Gasteiger partial charge >= 0.3 is 5.97 Å². The minimum atomic E-state index is -0.823. The normalized spacial score (nSPS) is 10.6. The number of carboxylic acids is 1. The molecule has 0 unspecified atom stereocenters. The number of hydrogen-bond donors (Lipinski definition) is 1. The van der Waals surface area contributed by atoms with Gasteiger partial charge in [0, 0.05) is 17.9 Å². The Hall–Kier alpha value is -1.88. The Morgan fingerprint density at radius 1 is 1.26 bits per heavy atom. The van der Waals surface area contributed by atoms with E-state index in [0.29, 0.717) is 36.1 Å². The van der Waals surface area contributed by atoms with Gasteiger partial charge in [0.2, 0.25) is 11.8 Å². The van der Waals surface area contributed by atoms with Crippen molar-refractivity contribution in [3.63, 3.8) is 0 Å². The SMILES string of the molecule is O=C(O)CCCc1nnc(Cc2ccccc2Cl)o1. The van der Waals surface area contributed by atoms with Crippen LogP contribution in [0.25, 0.3) is 0 Å². The molecule has 0 aliphatic heterocycles. The lowest BCUT2D eigenvalue weighted by molar-refractivity contribution is -0.137. The number of nitrogens with zero attached hydrogens (tertiary/aromatic N) is 2. The van der Waals surface area contributed by atoms with Crippen LogP contribution in [0.5, 0.6) is 0 Å². The summed E-state index contributed by atoms with van der Waals surface area (Å²) in [5.41, 5.74) is 0.921. The van der Waals surface area contributed by atoms with Gasteiger partial charge < -0.3 is 9.52 Å². The molecule has 0 fully saturated rings. The molecule has 0 saturated heterocycles. The third kappa shape index (κ3) is 4.06. The van der Waals surface area contributed by atoms with Gasteiger partial charge in [0.05, 0.1) is 6.42 Å². The molecule has 0 aliphatic rings. The molecule has 0 saturated carbocycles. The molecule has 0 radical (unpaired) electrons. The molecule has 2 rings (SSSR count). The number of halogens is 1. The van der Waals surface area contributed by atoms with Crippen molar-refractivity contribution in [2.45, 2.75) is 25.7 Å².